The minimum atomic E-state index is -0.310. The number of hydrogen-bond donors (Lipinski definition) is 1. The zero-order chi connectivity index (χ0) is 20.5. The summed E-state index contributed by atoms with van der Waals surface area (Å²) in [6, 6.07) is 4.03. The molecule has 2 fully saturated rings. The summed E-state index contributed by atoms with van der Waals surface area (Å²) in [6.07, 6.45) is 13.6. The van der Waals surface area contributed by atoms with Gasteiger partial charge in [-0.2, -0.15) is 0 Å². The number of fused-ring (bicyclic) bond motifs is 1. The highest BCUT2D eigenvalue weighted by Gasteiger charge is 2.28. The van der Waals surface area contributed by atoms with Gasteiger partial charge in [-0.3, -0.25) is 9.59 Å². The Bertz CT molecular complexity index is 1070. The molecule has 0 spiro atoms. The van der Waals surface area contributed by atoms with Gasteiger partial charge in [0.2, 0.25) is 5.82 Å². The highest BCUT2D eigenvalue weighted by atomic mass is 16.2. The lowest BCUT2D eigenvalue weighted by molar-refractivity contribution is 0.0910. The molecule has 0 aromatic carbocycles. The Morgan fingerprint density at radius 3 is 2.63 bits per heavy atom. The minimum Gasteiger partial charge on any atom is -0.353 e. The fraction of sp³-hybridized carbons (Fsp3) is 0.409. The van der Waals surface area contributed by atoms with E-state index < -0.39 is 0 Å². The molecule has 1 aliphatic heterocycles. The van der Waals surface area contributed by atoms with E-state index >= 15 is 0 Å². The third kappa shape index (κ3) is 3.53. The second-order valence-electron chi connectivity index (χ2n) is 8.10. The highest BCUT2D eigenvalue weighted by molar-refractivity contribution is 5.98. The molecule has 154 valence electrons. The quantitative estimate of drug-likeness (QED) is 0.657. The lowest BCUT2D eigenvalue weighted by Gasteiger charge is -2.19. The second-order valence-corrected chi connectivity index (χ2v) is 8.10. The van der Waals surface area contributed by atoms with Crippen LogP contribution in [0.1, 0.15) is 53.1 Å². The van der Waals surface area contributed by atoms with Gasteiger partial charge in [0.25, 0.3) is 5.91 Å². The molecule has 0 unspecified atom stereocenters. The molecular weight excluding hydrogens is 380 g/mol. The molecule has 2 aliphatic rings. The number of Topliss-reactive ketones (excluding diaryl/α,β-unsaturated/α-hetero) is 1. The lowest BCUT2D eigenvalue weighted by Crippen LogP contribution is -2.38. The predicted octanol–water partition coefficient (Wildman–Crippen LogP) is 2.51. The number of anilines is 1. The van der Waals surface area contributed by atoms with Crippen LogP contribution in [0, 0.1) is 5.92 Å². The van der Waals surface area contributed by atoms with Crippen molar-refractivity contribution < 1.29 is 9.59 Å². The molecule has 1 aliphatic carbocycles. The average molecular weight is 404 g/mol. The first kappa shape index (κ1) is 18.7. The van der Waals surface area contributed by atoms with Crippen molar-refractivity contribution in [2.75, 3.05) is 18.0 Å². The molecule has 0 radical (unpaired) electrons. The van der Waals surface area contributed by atoms with E-state index in [4.69, 9.17) is 0 Å². The van der Waals surface area contributed by atoms with Crippen LogP contribution in [0.3, 0.4) is 0 Å². The summed E-state index contributed by atoms with van der Waals surface area (Å²) in [5.41, 5.74) is 1.55. The summed E-state index contributed by atoms with van der Waals surface area (Å²) in [7, 11) is 0. The molecule has 0 bridgehead atoms. The summed E-state index contributed by atoms with van der Waals surface area (Å²) in [4.78, 5) is 40.1. The maximum Gasteiger partial charge on any atom is 0.289 e. The molecule has 3 aromatic rings. The number of amides is 1. The molecule has 1 saturated carbocycles. The average Bonchev–Trinajstić information content (AvgIpc) is 3.54. The molecule has 4 heterocycles. The molecule has 3 aromatic heterocycles. The van der Waals surface area contributed by atoms with Crippen molar-refractivity contribution in [3.8, 4) is 0 Å². The Balaban J connectivity index is 1.22. The Hall–Kier alpha value is -3.29. The molecular formula is C22H24N6O2. The van der Waals surface area contributed by atoms with Gasteiger partial charge in [0.1, 0.15) is 0 Å². The van der Waals surface area contributed by atoms with Gasteiger partial charge in [-0.25, -0.2) is 15.0 Å². The van der Waals surface area contributed by atoms with Gasteiger partial charge in [0.05, 0.1) is 11.1 Å². The van der Waals surface area contributed by atoms with Crippen LogP contribution in [-0.2, 0) is 0 Å². The van der Waals surface area contributed by atoms with Crippen molar-refractivity contribution in [1.29, 1.82) is 0 Å². The number of ketones is 1. The Labute approximate surface area is 174 Å². The van der Waals surface area contributed by atoms with E-state index in [0.29, 0.717) is 12.1 Å². The van der Waals surface area contributed by atoms with E-state index in [-0.39, 0.29) is 29.5 Å². The Kier molecular flexibility index (Phi) is 4.90. The molecule has 30 heavy (non-hydrogen) atoms. The van der Waals surface area contributed by atoms with Crippen molar-refractivity contribution in [1.82, 2.24) is 24.7 Å². The van der Waals surface area contributed by atoms with Crippen LogP contribution in [-0.4, -0.2) is 50.2 Å². The van der Waals surface area contributed by atoms with Gasteiger partial charge in [0.15, 0.2) is 11.6 Å². The number of nitrogens with zero attached hydrogens (tertiary/aromatic N) is 5. The van der Waals surface area contributed by atoms with Crippen LogP contribution >= 0.6 is 0 Å². The number of rotatable bonds is 5. The smallest absolute Gasteiger partial charge is 0.289 e. The first-order valence-electron chi connectivity index (χ1n) is 10.5. The van der Waals surface area contributed by atoms with Crippen molar-refractivity contribution in [3.63, 3.8) is 0 Å². The first-order chi connectivity index (χ1) is 14.7. The monoisotopic (exact) mass is 404 g/mol. The number of aromatic nitrogens is 4. The summed E-state index contributed by atoms with van der Waals surface area (Å²) in [5, 5.41) is 3.02. The van der Waals surface area contributed by atoms with Gasteiger partial charge >= 0.3 is 0 Å². The molecule has 1 saturated heterocycles. The zero-order valence-electron chi connectivity index (χ0n) is 16.7. The van der Waals surface area contributed by atoms with Gasteiger partial charge < -0.3 is 14.6 Å². The highest BCUT2D eigenvalue weighted by Crippen LogP contribution is 2.27. The van der Waals surface area contributed by atoms with Crippen LogP contribution in [0.2, 0.25) is 0 Å². The normalized spacial score (nSPS) is 19.5. The van der Waals surface area contributed by atoms with Crippen molar-refractivity contribution in [2.24, 2.45) is 5.92 Å². The summed E-state index contributed by atoms with van der Waals surface area (Å²) < 4.78 is 2.04. The lowest BCUT2D eigenvalue weighted by atomic mass is 9.98. The third-order valence-electron chi connectivity index (χ3n) is 6.12. The van der Waals surface area contributed by atoms with Gasteiger partial charge in [-0.15, -0.1) is 0 Å². The Morgan fingerprint density at radius 2 is 1.83 bits per heavy atom. The number of carbonyl (C=O) groups is 2. The van der Waals surface area contributed by atoms with Crippen molar-refractivity contribution >= 4 is 23.0 Å². The topological polar surface area (TPSA) is 92.5 Å². The maximum absolute atomic E-state index is 12.6. The van der Waals surface area contributed by atoms with Gasteiger partial charge in [-0.05, 0) is 31.4 Å². The maximum atomic E-state index is 12.6. The molecule has 1 N–H and O–H groups in total. The molecule has 5 rings (SSSR count). The fourth-order valence-electron chi connectivity index (χ4n) is 4.52. The largest absolute Gasteiger partial charge is 0.353 e. The van der Waals surface area contributed by atoms with Crippen LogP contribution < -0.4 is 10.2 Å². The summed E-state index contributed by atoms with van der Waals surface area (Å²) in [6.45, 7) is 1.50. The molecule has 1 amide bonds. The van der Waals surface area contributed by atoms with E-state index in [2.05, 4.69) is 25.2 Å². The Morgan fingerprint density at radius 1 is 1.03 bits per heavy atom. The first-order valence-corrected chi connectivity index (χ1v) is 10.5. The second kappa shape index (κ2) is 7.85. The van der Waals surface area contributed by atoms with Crippen molar-refractivity contribution in [3.05, 3.63) is 54.5 Å². The summed E-state index contributed by atoms with van der Waals surface area (Å²) >= 11 is 0. The SMILES string of the molecule is O=C(N[C@H]1CCN(c2nccn3cccc23)C1)c1ncc(C(=O)C2CCCC2)cn1. The third-order valence-corrected chi connectivity index (χ3v) is 6.12. The van der Waals surface area contributed by atoms with E-state index in [1.807, 2.05) is 28.9 Å². The summed E-state index contributed by atoms with van der Waals surface area (Å²) in [5.74, 6) is 0.887. The van der Waals surface area contributed by atoms with Gasteiger partial charge in [-0.1, -0.05) is 12.8 Å². The number of hydrogen-bond acceptors (Lipinski definition) is 6. The standard InChI is InChI=1S/C22H24N6O2/c29-19(15-4-1-2-5-15)16-12-24-20(25-13-16)22(30)26-17-7-10-28(14-17)21-18-6-3-9-27(18)11-8-23-21/h3,6,8-9,11-13,15,17H,1-2,4-5,7,10,14H2,(H,26,30)/t17-/m0/s1. The predicted molar refractivity (Wildman–Crippen MR) is 112 cm³/mol. The number of carbonyl (C=O) groups excluding carboxylic acids is 2. The van der Waals surface area contributed by atoms with Crippen LogP contribution in [0.5, 0.6) is 0 Å². The van der Waals surface area contributed by atoms with E-state index in [1.165, 1.54) is 12.4 Å². The fourth-order valence-corrected chi connectivity index (χ4v) is 4.52. The van der Waals surface area contributed by atoms with Crippen LogP contribution in [0.15, 0.2) is 43.1 Å². The molecule has 8 nitrogen and oxygen atoms in total. The zero-order valence-corrected chi connectivity index (χ0v) is 16.7. The molecule has 1 atom stereocenters. The van der Waals surface area contributed by atoms with Crippen molar-refractivity contribution in [2.45, 2.75) is 38.1 Å². The van der Waals surface area contributed by atoms with Crippen LogP contribution in [0.25, 0.3) is 5.52 Å². The van der Waals surface area contributed by atoms with Crippen LogP contribution in [0.4, 0.5) is 5.82 Å². The minimum absolute atomic E-state index is 0.00193. The number of nitrogens with one attached hydrogen (secondary N) is 1. The van der Waals surface area contributed by atoms with E-state index in [9.17, 15) is 9.59 Å². The molecule has 8 heteroatoms. The van der Waals surface area contributed by atoms with E-state index in [1.54, 1.807) is 6.20 Å². The van der Waals surface area contributed by atoms with Gasteiger partial charge in [0, 0.05) is 56.0 Å². The van der Waals surface area contributed by atoms with E-state index in [0.717, 1.165) is 50.0 Å².